The van der Waals surface area contributed by atoms with Crippen LogP contribution in [0.5, 0.6) is 0 Å². The van der Waals surface area contributed by atoms with Gasteiger partial charge in [-0.2, -0.15) is 4.39 Å². The van der Waals surface area contributed by atoms with Gasteiger partial charge >= 0.3 is 6.03 Å². The first-order chi connectivity index (χ1) is 9.15. The minimum absolute atomic E-state index is 0.00115. The zero-order valence-electron chi connectivity index (χ0n) is 10.2. The third kappa shape index (κ3) is 2.11. The number of piperazine rings is 1. The van der Waals surface area contributed by atoms with Crippen LogP contribution in [0.25, 0.3) is 0 Å². The van der Waals surface area contributed by atoms with Crippen LogP contribution < -0.4 is 5.32 Å². The monoisotopic (exact) mass is 264 g/mol. The number of hydrogen-bond donors (Lipinski definition) is 1. The van der Waals surface area contributed by atoms with E-state index in [2.05, 4.69) is 10.3 Å². The molecule has 2 aliphatic rings. The predicted octanol–water partition coefficient (Wildman–Crippen LogP) is 0.0703. The first-order valence-electron chi connectivity index (χ1n) is 6.11. The van der Waals surface area contributed by atoms with Crippen LogP contribution >= 0.6 is 0 Å². The van der Waals surface area contributed by atoms with Gasteiger partial charge in [0, 0.05) is 26.2 Å². The van der Waals surface area contributed by atoms with Gasteiger partial charge in [-0.3, -0.25) is 4.79 Å². The van der Waals surface area contributed by atoms with E-state index in [1.165, 1.54) is 18.2 Å². The van der Waals surface area contributed by atoms with Gasteiger partial charge in [-0.15, -0.1) is 0 Å². The quantitative estimate of drug-likeness (QED) is 0.730. The van der Waals surface area contributed by atoms with Gasteiger partial charge in [0.15, 0.2) is 0 Å². The molecular weight excluding hydrogens is 251 g/mol. The molecule has 6 nitrogen and oxygen atoms in total. The van der Waals surface area contributed by atoms with E-state index in [9.17, 15) is 14.0 Å². The van der Waals surface area contributed by atoms with Crippen molar-refractivity contribution in [2.75, 3.05) is 26.2 Å². The Morgan fingerprint density at radius 3 is 3.05 bits per heavy atom. The minimum atomic E-state index is -0.665. The molecular formula is C12H13FN4O2. The van der Waals surface area contributed by atoms with Crippen LogP contribution in [-0.2, 0) is 0 Å². The van der Waals surface area contributed by atoms with E-state index >= 15 is 0 Å². The van der Waals surface area contributed by atoms with E-state index in [1.54, 1.807) is 9.80 Å². The number of rotatable bonds is 1. The third-order valence-corrected chi connectivity index (χ3v) is 3.45. The van der Waals surface area contributed by atoms with Crippen molar-refractivity contribution in [1.29, 1.82) is 0 Å². The first kappa shape index (κ1) is 11.9. The molecule has 19 heavy (non-hydrogen) atoms. The molecule has 7 heteroatoms. The Morgan fingerprint density at radius 1 is 1.42 bits per heavy atom. The Labute approximate surface area is 109 Å². The van der Waals surface area contributed by atoms with Crippen molar-refractivity contribution in [1.82, 2.24) is 20.1 Å². The van der Waals surface area contributed by atoms with Crippen LogP contribution in [0.1, 0.15) is 10.5 Å². The maximum atomic E-state index is 13.0. The number of carbonyl (C=O) groups excluding carboxylic acids is 2. The number of halogens is 1. The zero-order valence-corrected chi connectivity index (χ0v) is 10.2. The van der Waals surface area contributed by atoms with Crippen LogP contribution in [-0.4, -0.2) is 58.9 Å². The molecule has 0 bridgehead atoms. The highest BCUT2D eigenvalue weighted by molar-refractivity contribution is 5.92. The van der Waals surface area contributed by atoms with Gasteiger partial charge in [-0.1, -0.05) is 6.07 Å². The molecule has 0 aliphatic carbocycles. The molecule has 1 atom stereocenters. The highest BCUT2D eigenvalue weighted by Gasteiger charge is 2.37. The summed E-state index contributed by atoms with van der Waals surface area (Å²) >= 11 is 0. The van der Waals surface area contributed by atoms with Crippen LogP contribution in [0.3, 0.4) is 0 Å². The summed E-state index contributed by atoms with van der Waals surface area (Å²) in [4.78, 5) is 30.6. The third-order valence-electron chi connectivity index (χ3n) is 3.45. The number of hydrogen-bond acceptors (Lipinski definition) is 3. The topological polar surface area (TPSA) is 65.5 Å². The summed E-state index contributed by atoms with van der Waals surface area (Å²) in [6, 6.07) is 4.08. The molecule has 0 spiro atoms. The van der Waals surface area contributed by atoms with Crippen molar-refractivity contribution >= 4 is 11.9 Å². The largest absolute Gasteiger partial charge is 0.336 e. The smallest absolute Gasteiger partial charge is 0.317 e. The Morgan fingerprint density at radius 2 is 2.26 bits per heavy atom. The van der Waals surface area contributed by atoms with E-state index in [0.29, 0.717) is 26.2 Å². The lowest BCUT2D eigenvalue weighted by molar-refractivity contribution is 0.0610. The van der Waals surface area contributed by atoms with Gasteiger partial charge in [0.2, 0.25) is 5.95 Å². The number of fused-ring (bicyclic) bond motifs is 1. The second-order valence-electron chi connectivity index (χ2n) is 4.63. The summed E-state index contributed by atoms with van der Waals surface area (Å²) in [5, 5.41) is 2.74. The molecule has 1 aromatic heterocycles. The fourth-order valence-corrected chi connectivity index (χ4v) is 2.48. The standard InChI is InChI=1S/C12H13FN4O2/c13-10-3-1-2-9(15-10)11(18)16-4-5-17-8(7-16)6-14-12(17)19/h1-3,8H,4-7H2,(H,14,19). The van der Waals surface area contributed by atoms with Crippen molar-refractivity contribution in [3.63, 3.8) is 0 Å². The van der Waals surface area contributed by atoms with Crippen molar-refractivity contribution in [2.24, 2.45) is 0 Å². The van der Waals surface area contributed by atoms with Crippen LogP contribution in [0.2, 0.25) is 0 Å². The molecule has 0 radical (unpaired) electrons. The number of amides is 3. The Bertz CT molecular complexity index is 536. The highest BCUT2D eigenvalue weighted by Crippen LogP contribution is 2.16. The number of nitrogens with zero attached hydrogens (tertiary/aromatic N) is 3. The summed E-state index contributed by atoms with van der Waals surface area (Å²) in [7, 11) is 0. The molecule has 2 aliphatic heterocycles. The summed E-state index contributed by atoms with van der Waals surface area (Å²) < 4.78 is 13.0. The lowest BCUT2D eigenvalue weighted by Crippen LogP contribution is -2.53. The number of urea groups is 1. The average Bonchev–Trinajstić information content (AvgIpc) is 2.79. The molecule has 0 aromatic carbocycles. The van der Waals surface area contributed by atoms with Gasteiger partial charge in [0.1, 0.15) is 5.69 Å². The molecule has 3 rings (SSSR count). The predicted molar refractivity (Wildman–Crippen MR) is 64.0 cm³/mol. The van der Waals surface area contributed by atoms with Crippen LogP contribution in [0.15, 0.2) is 18.2 Å². The maximum absolute atomic E-state index is 13.0. The van der Waals surface area contributed by atoms with E-state index in [1.807, 2.05) is 0 Å². The molecule has 2 saturated heterocycles. The lowest BCUT2D eigenvalue weighted by atomic mass is 10.2. The number of nitrogens with one attached hydrogen (secondary N) is 1. The Hall–Kier alpha value is -2.18. The second-order valence-corrected chi connectivity index (χ2v) is 4.63. The minimum Gasteiger partial charge on any atom is -0.336 e. The summed E-state index contributed by atoms with van der Waals surface area (Å²) in [5.74, 6) is -0.958. The van der Waals surface area contributed by atoms with Crippen LogP contribution in [0.4, 0.5) is 9.18 Å². The van der Waals surface area contributed by atoms with Gasteiger partial charge < -0.3 is 15.1 Å². The Balaban J connectivity index is 1.74. The molecule has 2 fully saturated rings. The van der Waals surface area contributed by atoms with E-state index < -0.39 is 5.95 Å². The molecule has 100 valence electrons. The SMILES string of the molecule is O=C(c1cccc(F)n1)N1CCN2C(=O)NCC2C1. The second kappa shape index (κ2) is 4.49. The molecule has 3 heterocycles. The number of pyridine rings is 1. The number of carbonyl (C=O) groups is 2. The van der Waals surface area contributed by atoms with Crippen molar-refractivity contribution in [3.05, 3.63) is 29.8 Å². The van der Waals surface area contributed by atoms with Crippen molar-refractivity contribution in [2.45, 2.75) is 6.04 Å². The highest BCUT2D eigenvalue weighted by atomic mass is 19.1. The molecule has 1 unspecified atom stereocenters. The Kier molecular flexibility index (Phi) is 2.81. The lowest BCUT2D eigenvalue weighted by Gasteiger charge is -2.36. The van der Waals surface area contributed by atoms with Gasteiger partial charge in [-0.05, 0) is 12.1 Å². The van der Waals surface area contributed by atoms with Gasteiger partial charge in [-0.25, -0.2) is 9.78 Å². The molecule has 0 saturated carbocycles. The first-order valence-corrected chi connectivity index (χ1v) is 6.11. The van der Waals surface area contributed by atoms with E-state index in [0.717, 1.165) is 0 Å². The maximum Gasteiger partial charge on any atom is 0.317 e. The molecule has 1 aromatic rings. The zero-order chi connectivity index (χ0) is 13.4. The molecule has 1 N–H and O–H groups in total. The van der Waals surface area contributed by atoms with Crippen molar-refractivity contribution < 1.29 is 14.0 Å². The van der Waals surface area contributed by atoms with E-state index in [-0.39, 0.29) is 23.7 Å². The summed E-state index contributed by atoms with van der Waals surface area (Å²) in [5.41, 5.74) is 0.103. The summed E-state index contributed by atoms with van der Waals surface area (Å²) in [6.45, 7) is 1.94. The van der Waals surface area contributed by atoms with Crippen LogP contribution in [0, 0.1) is 5.95 Å². The average molecular weight is 264 g/mol. The van der Waals surface area contributed by atoms with Gasteiger partial charge in [0.25, 0.3) is 5.91 Å². The van der Waals surface area contributed by atoms with Crippen molar-refractivity contribution in [3.8, 4) is 0 Å². The fourth-order valence-electron chi connectivity index (χ4n) is 2.48. The number of aromatic nitrogens is 1. The summed E-state index contributed by atoms with van der Waals surface area (Å²) in [6.07, 6.45) is 0. The fraction of sp³-hybridized carbons (Fsp3) is 0.417. The van der Waals surface area contributed by atoms with Gasteiger partial charge in [0.05, 0.1) is 6.04 Å². The normalized spacial score (nSPS) is 22.2. The van der Waals surface area contributed by atoms with E-state index in [4.69, 9.17) is 0 Å². The molecule has 3 amide bonds.